The molecule has 0 aliphatic heterocycles. The Morgan fingerprint density at radius 1 is 1.19 bits per heavy atom. The van der Waals surface area contributed by atoms with Gasteiger partial charge in [0.05, 0.1) is 0 Å². The van der Waals surface area contributed by atoms with Gasteiger partial charge < -0.3 is 0 Å². The van der Waals surface area contributed by atoms with Gasteiger partial charge in [-0.3, -0.25) is 4.79 Å². The van der Waals surface area contributed by atoms with Crippen molar-refractivity contribution in [3.63, 3.8) is 0 Å². The summed E-state index contributed by atoms with van der Waals surface area (Å²) in [6.07, 6.45) is 3.62. The van der Waals surface area contributed by atoms with Gasteiger partial charge in [0.25, 0.3) is 0 Å². The van der Waals surface area contributed by atoms with Crippen molar-refractivity contribution in [2.45, 2.75) is 41.0 Å². The van der Waals surface area contributed by atoms with Crippen LogP contribution < -0.4 is 0 Å². The Kier molecular flexibility index (Phi) is 2.90. The molecule has 3 saturated carbocycles. The van der Waals surface area contributed by atoms with Gasteiger partial charge in [0.2, 0.25) is 0 Å². The molecule has 1 unspecified atom stereocenters. The standard InChI is InChI=1S/C13H18I2O/c1-13(2)9(16)5-7-10-6(3-4-8(10)14)11(13)12(7)15/h6-8,10-12H,3-5H2,1-2H3/t6-,7-,8-,10+,11+,12?/m0/s1. The minimum absolute atomic E-state index is 0.0531. The molecule has 16 heavy (non-hydrogen) atoms. The zero-order valence-electron chi connectivity index (χ0n) is 9.75. The Labute approximate surface area is 125 Å². The summed E-state index contributed by atoms with van der Waals surface area (Å²) in [5.41, 5.74) is -0.0531. The molecule has 0 aromatic heterocycles. The first-order chi connectivity index (χ1) is 7.44. The average molecular weight is 444 g/mol. The molecular weight excluding hydrogens is 426 g/mol. The second kappa shape index (κ2) is 3.81. The van der Waals surface area contributed by atoms with Crippen LogP contribution >= 0.6 is 45.2 Å². The van der Waals surface area contributed by atoms with E-state index >= 15 is 0 Å². The van der Waals surface area contributed by atoms with E-state index in [0.29, 0.717) is 17.6 Å². The van der Waals surface area contributed by atoms with Gasteiger partial charge >= 0.3 is 0 Å². The molecule has 0 saturated heterocycles. The summed E-state index contributed by atoms with van der Waals surface area (Å²) < 4.78 is 1.58. The monoisotopic (exact) mass is 444 g/mol. The Balaban J connectivity index is 2.04. The first-order valence-electron chi connectivity index (χ1n) is 6.26. The van der Waals surface area contributed by atoms with Crippen molar-refractivity contribution in [1.82, 2.24) is 0 Å². The van der Waals surface area contributed by atoms with E-state index in [4.69, 9.17) is 0 Å². The Hall–Kier alpha value is 1.13. The maximum atomic E-state index is 12.3. The summed E-state index contributed by atoms with van der Waals surface area (Å²) >= 11 is 5.29. The van der Waals surface area contributed by atoms with Gasteiger partial charge in [-0.1, -0.05) is 59.0 Å². The normalized spacial score (nSPS) is 54.1. The number of fused-ring (bicyclic) bond motifs is 5. The summed E-state index contributed by atoms with van der Waals surface area (Å²) in [7, 11) is 0. The van der Waals surface area contributed by atoms with Gasteiger partial charge in [0.15, 0.2) is 0 Å². The number of halogens is 2. The number of carbonyl (C=O) groups excluding carboxylic acids is 1. The number of carbonyl (C=O) groups is 1. The lowest BCUT2D eigenvalue weighted by Crippen LogP contribution is -2.44. The van der Waals surface area contributed by atoms with Crippen LogP contribution in [-0.4, -0.2) is 13.6 Å². The minimum Gasteiger partial charge on any atom is -0.299 e. The largest absolute Gasteiger partial charge is 0.299 e. The molecule has 1 nitrogen and oxygen atoms in total. The lowest BCUT2D eigenvalue weighted by atomic mass is 9.66. The molecule has 0 aromatic rings. The summed E-state index contributed by atoms with van der Waals surface area (Å²) in [4.78, 5) is 12.3. The van der Waals surface area contributed by atoms with E-state index in [-0.39, 0.29) is 5.41 Å². The summed E-state index contributed by atoms with van der Waals surface area (Å²) in [5, 5.41) is 0. The maximum Gasteiger partial charge on any atom is 0.139 e. The van der Waals surface area contributed by atoms with Gasteiger partial charge in [-0.05, 0) is 36.5 Å². The van der Waals surface area contributed by atoms with Gasteiger partial charge in [-0.15, -0.1) is 0 Å². The van der Waals surface area contributed by atoms with Crippen molar-refractivity contribution < 1.29 is 4.79 Å². The van der Waals surface area contributed by atoms with E-state index in [0.717, 1.165) is 26.1 Å². The fourth-order valence-corrected chi connectivity index (χ4v) is 8.16. The highest BCUT2D eigenvalue weighted by Gasteiger charge is 2.63. The van der Waals surface area contributed by atoms with Gasteiger partial charge in [0, 0.05) is 19.7 Å². The first-order valence-corrected chi connectivity index (χ1v) is 8.75. The average Bonchev–Trinajstić information content (AvgIpc) is 2.64. The SMILES string of the molecule is CC1(C)C(=O)C[C@@H]2C(I)[C@H]1[C@H]1CC[C@H](I)[C@H]12. The number of Topliss-reactive ketones (excluding diaryl/α,β-unsaturated/α-hetero) is 1. The number of ketones is 1. The van der Waals surface area contributed by atoms with E-state index in [1.807, 2.05) is 0 Å². The molecule has 3 rings (SSSR count). The van der Waals surface area contributed by atoms with Crippen molar-refractivity contribution in [3.8, 4) is 0 Å². The van der Waals surface area contributed by atoms with Crippen molar-refractivity contribution in [3.05, 3.63) is 0 Å². The molecule has 2 bridgehead atoms. The number of hydrogen-bond donors (Lipinski definition) is 0. The second-order valence-corrected chi connectivity index (χ2v) is 9.36. The third-order valence-corrected chi connectivity index (χ3v) is 8.52. The van der Waals surface area contributed by atoms with Crippen molar-refractivity contribution >= 4 is 51.0 Å². The van der Waals surface area contributed by atoms with E-state index in [1.165, 1.54) is 12.8 Å². The number of rotatable bonds is 0. The molecular formula is C13H18I2O. The van der Waals surface area contributed by atoms with Crippen LogP contribution in [0.15, 0.2) is 0 Å². The van der Waals surface area contributed by atoms with E-state index in [2.05, 4.69) is 59.0 Å². The Morgan fingerprint density at radius 2 is 1.88 bits per heavy atom. The summed E-state index contributed by atoms with van der Waals surface area (Å²) in [6, 6.07) is 0. The van der Waals surface area contributed by atoms with Crippen LogP contribution in [0, 0.1) is 29.1 Å². The zero-order valence-corrected chi connectivity index (χ0v) is 14.1. The lowest BCUT2D eigenvalue weighted by molar-refractivity contribution is -0.132. The molecule has 0 N–H and O–H groups in total. The summed E-state index contributed by atoms with van der Waals surface area (Å²) in [5.74, 6) is 3.58. The zero-order chi connectivity index (χ0) is 11.7. The predicted octanol–water partition coefficient (Wildman–Crippen LogP) is 3.86. The van der Waals surface area contributed by atoms with Gasteiger partial charge in [-0.25, -0.2) is 0 Å². The molecule has 3 fully saturated rings. The van der Waals surface area contributed by atoms with Crippen LogP contribution in [0.1, 0.15) is 33.1 Å². The van der Waals surface area contributed by atoms with Crippen LogP contribution in [0.3, 0.4) is 0 Å². The molecule has 90 valence electrons. The molecule has 3 aliphatic rings. The smallest absolute Gasteiger partial charge is 0.139 e. The third kappa shape index (κ3) is 1.42. The van der Waals surface area contributed by atoms with Crippen molar-refractivity contribution in [2.75, 3.05) is 0 Å². The molecule has 0 amide bonds. The van der Waals surface area contributed by atoms with Crippen LogP contribution in [-0.2, 0) is 4.79 Å². The highest BCUT2D eigenvalue weighted by atomic mass is 127. The van der Waals surface area contributed by atoms with Crippen LogP contribution in [0.25, 0.3) is 0 Å². The van der Waals surface area contributed by atoms with Crippen molar-refractivity contribution in [1.29, 1.82) is 0 Å². The predicted molar refractivity (Wildman–Crippen MR) is 82.2 cm³/mol. The summed E-state index contributed by atoms with van der Waals surface area (Å²) in [6.45, 7) is 4.40. The fourth-order valence-electron chi connectivity index (χ4n) is 4.57. The van der Waals surface area contributed by atoms with E-state index in [1.54, 1.807) is 0 Å². The van der Waals surface area contributed by atoms with E-state index < -0.39 is 0 Å². The molecule has 0 radical (unpaired) electrons. The quantitative estimate of drug-likeness (QED) is 0.410. The van der Waals surface area contributed by atoms with Gasteiger partial charge in [-0.2, -0.15) is 0 Å². The van der Waals surface area contributed by atoms with Crippen LogP contribution in [0.2, 0.25) is 0 Å². The second-order valence-electron chi connectivity index (χ2n) is 6.32. The Bertz CT molecular complexity index is 339. The number of hydrogen-bond acceptors (Lipinski definition) is 1. The topological polar surface area (TPSA) is 17.1 Å². The molecule has 0 aromatic carbocycles. The molecule has 0 spiro atoms. The Morgan fingerprint density at radius 3 is 2.56 bits per heavy atom. The number of alkyl halides is 2. The lowest BCUT2D eigenvalue weighted by Gasteiger charge is -2.40. The highest BCUT2D eigenvalue weighted by Crippen LogP contribution is 2.64. The molecule has 3 heteroatoms. The fraction of sp³-hybridized carbons (Fsp3) is 0.923. The molecule has 3 aliphatic carbocycles. The third-order valence-electron chi connectivity index (χ3n) is 5.37. The van der Waals surface area contributed by atoms with E-state index in [9.17, 15) is 4.79 Å². The maximum absolute atomic E-state index is 12.3. The van der Waals surface area contributed by atoms with Gasteiger partial charge in [0.1, 0.15) is 5.78 Å². The van der Waals surface area contributed by atoms with Crippen LogP contribution in [0.5, 0.6) is 0 Å². The minimum atomic E-state index is -0.0531. The van der Waals surface area contributed by atoms with Crippen LogP contribution in [0.4, 0.5) is 0 Å². The van der Waals surface area contributed by atoms with Crippen molar-refractivity contribution in [2.24, 2.45) is 29.1 Å². The first kappa shape index (κ1) is 12.2. The molecule has 6 atom stereocenters. The molecule has 0 heterocycles. The highest BCUT2D eigenvalue weighted by molar-refractivity contribution is 14.1.